The van der Waals surface area contributed by atoms with Gasteiger partial charge in [0.25, 0.3) is 0 Å². The molecule has 0 aliphatic carbocycles. The molecule has 0 aromatic heterocycles. The van der Waals surface area contributed by atoms with Crippen molar-refractivity contribution in [3.8, 4) is 6.07 Å². The van der Waals surface area contributed by atoms with Crippen molar-refractivity contribution in [3.05, 3.63) is 12.7 Å². The number of nitriles is 1. The summed E-state index contributed by atoms with van der Waals surface area (Å²) in [6.07, 6.45) is -0.273. The molecular formula is C6H7NO3. The van der Waals surface area contributed by atoms with Gasteiger partial charge in [-0.3, -0.25) is 4.79 Å². The normalized spacial score (nSPS) is 14.8. The molecule has 0 aromatic carbocycles. The van der Waals surface area contributed by atoms with Crippen molar-refractivity contribution in [2.24, 2.45) is 5.92 Å². The number of aliphatic hydroxyl groups is 1. The predicted octanol–water partition coefficient (Wildman–Crippen LogP) is -0.242. The molecule has 0 spiro atoms. The van der Waals surface area contributed by atoms with Gasteiger partial charge >= 0.3 is 5.97 Å². The molecule has 0 radical (unpaired) electrons. The molecule has 0 aliphatic heterocycles. The zero-order valence-electron chi connectivity index (χ0n) is 5.19. The summed E-state index contributed by atoms with van der Waals surface area (Å²) in [5, 5.41) is 25.2. The quantitative estimate of drug-likeness (QED) is 0.531. The lowest BCUT2D eigenvalue weighted by molar-refractivity contribution is -0.142. The molecule has 0 saturated heterocycles. The van der Waals surface area contributed by atoms with Crippen molar-refractivity contribution >= 4 is 5.97 Å². The lowest BCUT2D eigenvalue weighted by Crippen LogP contribution is -2.24. The van der Waals surface area contributed by atoms with Gasteiger partial charge in [0.15, 0.2) is 5.92 Å². The van der Waals surface area contributed by atoms with E-state index in [1.807, 2.05) is 0 Å². The first-order valence-corrected chi connectivity index (χ1v) is 2.56. The van der Waals surface area contributed by atoms with E-state index in [1.54, 1.807) is 0 Å². The van der Waals surface area contributed by atoms with Crippen LogP contribution in [-0.2, 0) is 4.79 Å². The topological polar surface area (TPSA) is 81.3 Å². The molecule has 10 heavy (non-hydrogen) atoms. The minimum atomic E-state index is -1.41. The van der Waals surface area contributed by atoms with Crippen LogP contribution in [0.4, 0.5) is 0 Å². The minimum Gasteiger partial charge on any atom is -0.480 e. The fraction of sp³-hybridized carbons (Fsp3) is 0.333. The Labute approximate surface area is 58.0 Å². The van der Waals surface area contributed by atoms with Gasteiger partial charge in [0.2, 0.25) is 0 Å². The highest BCUT2D eigenvalue weighted by atomic mass is 16.4. The van der Waals surface area contributed by atoms with E-state index in [0.29, 0.717) is 0 Å². The number of rotatable bonds is 3. The summed E-state index contributed by atoms with van der Waals surface area (Å²) >= 11 is 0. The first-order valence-electron chi connectivity index (χ1n) is 2.56. The minimum absolute atomic E-state index is 1.02. The molecule has 0 bridgehead atoms. The van der Waals surface area contributed by atoms with Gasteiger partial charge in [-0.2, -0.15) is 5.26 Å². The SMILES string of the molecule is C=CC(O)C(C#N)C(=O)O. The first kappa shape index (κ1) is 8.66. The highest BCUT2D eigenvalue weighted by Crippen LogP contribution is 2.02. The van der Waals surface area contributed by atoms with Crippen LogP contribution < -0.4 is 0 Å². The van der Waals surface area contributed by atoms with E-state index in [2.05, 4.69) is 6.58 Å². The fourth-order valence-electron chi connectivity index (χ4n) is 0.414. The van der Waals surface area contributed by atoms with Crippen LogP contribution in [0.3, 0.4) is 0 Å². The number of carboxylic acids is 1. The van der Waals surface area contributed by atoms with Crippen molar-refractivity contribution in [1.82, 2.24) is 0 Å². The van der Waals surface area contributed by atoms with Crippen molar-refractivity contribution < 1.29 is 15.0 Å². The molecule has 0 saturated carbocycles. The second-order valence-electron chi connectivity index (χ2n) is 1.67. The number of aliphatic hydroxyl groups excluding tert-OH is 1. The van der Waals surface area contributed by atoms with Gasteiger partial charge in [0.1, 0.15) is 0 Å². The van der Waals surface area contributed by atoms with E-state index in [9.17, 15) is 4.79 Å². The first-order chi connectivity index (χ1) is 4.63. The third-order valence-corrected chi connectivity index (χ3v) is 0.988. The third-order valence-electron chi connectivity index (χ3n) is 0.988. The van der Waals surface area contributed by atoms with Crippen LogP contribution in [0.25, 0.3) is 0 Å². The van der Waals surface area contributed by atoms with E-state index < -0.39 is 18.0 Å². The summed E-state index contributed by atoms with van der Waals surface area (Å²) in [6, 6.07) is 1.43. The molecule has 54 valence electrons. The maximum atomic E-state index is 10.1. The van der Waals surface area contributed by atoms with Crippen molar-refractivity contribution in [1.29, 1.82) is 5.26 Å². The molecule has 0 amide bonds. The van der Waals surface area contributed by atoms with Crippen LogP contribution >= 0.6 is 0 Å². The molecule has 0 aromatic rings. The summed E-state index contributed by atoms with van der Waals surface area (Å²) in [6.45, 7) is 3.15. The third kappa shape index (κ3) is 1.88. The smallest absolute Gasteiger partial charge is 0.323 e. The van der Waals surface area contributed by atoms with Crippen molar-refractivity contribution in [2.45, 2.75) is 6.10 Å². The molecule has 2 unspecified atom stereocenters. The Morgan fingerprint density at radius 1 is 1.80 bits per heavy atom. The zero-order chi connectivity index (χ0) is 8.15. The standard InChI is InChI=1S/C6H7NO3/c1-2-5(8)4(3-7)6(9)10/h2,4-5,8H,1H2,(H,9,10). The van der Waals surface area contributed by atoms with Gasteiger partial charge in [-0.25, -0.2) is 0 Å². The predicted molar refractivity (Wildman–Crippen MR) is 32.9 cm³/mol. The maximum absolute atomic E-state index is 10.1. The average Bonchev–Trinajstić information content (AvgIpc) is 1.88. The molecule has 0 rings (SSSR count). The van der Waals surface area contributed by atoms with E-state index >= 15 is 0 Å². The van der Waals surface area contributed by atoms with Gasteiger partial charge in [-0.05, 0) is 0 Å². The monoisotopic (exact) mass is 141 g/mol. The van der Waals surface area contributed by atoms with Gasteiger partial charge < -0.3 is 10.2 Å². The summed E-state index contributed by atoms with van der Waals surface area (Å²) in [7, 11) is 0. The molecule has 0 heterocycles. The highest BCUT2D eigenvalue weighted by Gasteiger charge is 2.23. The van der Waals surface area contributed by atoms with Gasteiger partial charge in [0, 0.05) is 0 Å². The molecule has 4 heteroatoms. The summed E-state index contributed by atoms with van der Waals surface area (Å²) in [5.41, 5.74) is 0. The molecule has 4 nitrogen and oxygen atoms in total. The zero-order valence-corrected chi connectivity index (χ0v) is 5.19. The highest BCUT2D eigenvalue weighted by molar-refractivity contribution is 5.73. The number of carbonyl (C=O) groups is 1. The summed E-state index contributed by atoms with van der Waals surface area (Å²) in [4.78, 5) is 10.1. The fourth-order valence-corrected chi connectivity index (χ4v) is 0.414. The summed E-state index contributed by atoms with van der Waals surface area (Å²) < 4.78 is 0. The molecular weight excluding hydrogens is 134 g/mol. The molecule has 0 fully saturated rings. The Kier molecular flexibility index (Phi) is 3.15. The Hall–Kier alpha value is -1.34. The van der Waals surface area contributed by atoms with Crippen LogP contribution in [0, 0.1) is 17.2 Å². The van der Waals surface area contributed by atoms with E-state index in [0.717, 1.165) is 6.08 Å². The van der Waals surface area contributed by atoms with Gasteiger partial charge in [0.05, 0.1) is 12.2 Å². The second-order valence-corrected chi connectivity index (χ2v) is 1.67. The van der Waals surface area contributed by atoms with Crippen LogP contribution in [0.2, 0.25) is 0 Å². The number of nitrogens with zero attached hydrogens (tertiary/aromatic N) is 1. The van der Waals surface area contributed by atoms with Crippen LogP contribution in [0.1, 0.15) is 0 Å². The molecule has 0 aliphatic rings. The van der Waals surface area contributed by atoms with Crippen LogP contribution in [-0.4, -0.2) is 22.3 Å². The number of hydrogen-bond donors (Lipinski definition) is 2. The molecule has 2 N–H and O–H groups in total. The van der Waals surface area contributed by atoms with E-state index in [-0.39, 0.29) is 0 Å². The lowest BCUT2D eigenvalue weighted by Gasteiger charge is -2.05. The maximum Gasteiger partial charge on any atom is 0.323 e. The second kappa shape index (κ2) is 3.64. The lowest BCUT2D eigenvalue weighted by atomic mass is 10.1. The van der Waals surface area contributed by atoms with E-state index in [4.69, 9.17) is 15.5 Å². The number of hydrogen-bond acceptors (Lipinski definition) is 3. The average molecular weight is 141 g/mol. The van der Waals surface area contributed by atoms with Gasteiger partial charge in [-0.15, -0.1) is 6.58 Å². The number of carboxylic acid groups (broad SMARTS) is 1. The van der Waals surface area contributed by atoms with Crippen molar-refractivity contribution in [3.63, 3.8) is 0 Å². The Balaban J connectivity index is 4.23. The van der Waals surface area contributed by atoms with Crippen LogP contribution in [0.5, 0.6) is 0 Å². The molecule has 2 atom stereocenters. The van der Waals surface area contributed by atoms with Crippen LogP contribution in [0.15, 0.2) is 12.7 Å². The Bertz CT molecular complexity index is 182. The largest absolute Gasteiger partial charge is 0.480 e. The Morgan fingerprint density at radius 3 is 2.40 bits per heavy atom. The summed E-state index contributed by atoms with van der Waals surface area (Å²) in [5.74, 6) is -2.74. The van der Waals surface area contributed by atoms with Gasteiger partial charge in [-0.1, -0.05) is 6.08 Å². The van der Waals surface area contributed by atoms with E-state index in [1.165, 1.54) is 6.07 Å². The number of aliphatic carboxylic acids is 1. The Morgan fingerprint density at radius 2 is 2.30 bits per heavy atom. The van der Waals surface area contributed by atoms with Crippen molar-refractivity contribution in [2.75, 3.05) is 0 Å².